The maximum absolute atomic E-state index is 12.8. The summed E-state index contributed by atoms with van der Waals surface area (Å²) < 4.78 is 27.2. The summed E-state index contributed by atoms with van der Waals surface area (Å²) in [5.74, 6) is 1.75. The number of aromatic nitrogens is 2. The molecule has 0 saturated carbocycles. The van der Waals surface area contributed by atoms with Gasteiger partial charge < -0.3 is 9.80 Å². The third kappa shape index (κ3) is 3.98. The molecule has 0 spiro atoms. The van der Waals surface area contributed by atoms with Crippen molar-refractivity contribution in [3.63, 3.8) is 0 Å². The molecule has 4 rings (SSSR count). The van der Waals surface area contributed by atoms with E-state index in [9.17, 15) is 8.42 Å². The molecule has 0 aliphatic carbocycles. The molecule has 0 radical (unpaired) electrons. The van der Waals surface area contributed by atoms with Gasteiger partial charge in [0.25, 0.3) is 0 Å². The van der Waals surface area contributed by atoms with Gasteiger partial charge in [0.2, 0.25) is 10.0 Å². The second kappa shape index (κ2) is 8.05. The van der Waals surface area contributed by atoms with Crippen LogP contribution in [0.15, 0.2) is 41.3 Å². The molecule has 2 fully saturated rings. The van der Waals surface area contributed by atoms with Crippen molar-refractivity contribution in [2.24, 2.45) is 0 Å². The highest BCUT2D eigenvalue weighted by atomic mass is 32.2. The molecule has 2 aromatic rings. The van der Waals surface area contributed by atoms with Crippen molar-refractivity contribution in [1.82, 2.24) is 14.5 Å². The molecule has 0 atom stereocenters. The Balaban J connectivity index is 1.39. The zero-order valence-corrected chi connectivity index (χ0v) is 17.1. The predicted molar refractivity (Wildman–Crippen MR) is 110 cm³/mol. The third-order valence-electron chi connectivity index (χ3n) is 5.54. The summed E-state index contributed by atoms with van der Waals surface area (Å²) >= 11 is 0. The van der Waals surface area contributed by atoms with Gasteiger partial charge in [-0.3, -0.25) is 0 Å². The van der Waals surface area contributed by atoms with E-state index in [2.05, 4.69) is 20.0 Å². The number of sulfonamides is 1. The van der Waals surface area contributed by atoms with Gasteiger partial charge in [-0.15, -0.1) is 10.2 Å². The minimum atomic E-state index is -3.44. The molecular formula is C20H27N5O2S. The van der Waals surface area contributed by atoms with E-state index in [1.165, 1.54) is 19.3 Å². The van der Waals surface area contributed by atoms with Gasteiger partial charge in [0.05, 0.1) is 4.90 Å². The second-order valence-corrected chi connectivity index (χ2v) is 9.44. The zero-order chi connectivity index (χ0) is 19.6. The summed E-state index contributed by atoms with van der Waals surface area (Å²) in [6.07, 6.45) is 3.71. The fourth-order valence-electron chi connectivity index (χ4n) is 3.80. The highest BCUT2D eigenvalue weighted by Gasteiger charge is 2.29. The lowest BCUT2D eigenvalue weighted by Gasteiger charge is -2.34. The third-order valence-corrected chi connectivity index (χ3v) is 7.45. The first-order valence-corrected chi connectivity index (χ1v) is 11.4. The Morgan fingerprint density at radius 2 is 1.25 bits per heavy atom. The van der Waals surface area contributed by atoms with Crippen LogP contribution in [0.1, 0.15) is 24.8 Å². The quantitative estimate of drug-likeness (QED) is 0.783. The standard InChI is InChI=1S/C20H27N5O2S/c1-17-5-7-18(8-6-17)28(26,27)25-15-13-24(14-16-25)20-10-9-19(21-22-20)23-11-3-2-4-12-23/h5-10H,2-4,11-16H2,1H3. The van der Waals surface area contributed by atoms with Gasteiger partial charge in [0, 0.05) is 39.3 Å². The van der Waals surface area contributed by atoms with Crippen molar-refractivity contribution in [2.45, 2.75) is 31.1 Å². The molecular weight excluding hydrogens is 374 g/mol. The summed E-state index contributed by atoms with van der Waals surface area (Å²) in [5.41, 5.74) is 1.05. The number of rotatable bonds is 4. The Morgan fingerprint density at radius 1 is 0.714 bits per heavy atom. The molecule has 0 unspecified atom stereocenters. The number of hydrogen-bond acceptors (Lipinski definition) is 6. The molecule has 3 heterocycles. The number of nitrogens with zero attached hydrogens (tertiary/aromatic N) is 5. The van der Waals surface area contributed by atoms with Gasteiger partial charge in [0.1, 0.15) is 0 Å². The highest BCUT2D eigenvalue weighted by molar-refractivity contribution is 7.89. The molecule has 7 nitrogen and oxygen atoms in total. The van der Waals surface area contributed by atoms with Gasteiger partial charge in [-0.1, -0.05) is 17.7 Å². The van der Waals surface area contributed by atoms with E-state index in [0.717, 1.165) is 30.3 Å². The average Bonchev–Trinajstić information content (AvgIpc) is 2.75. The molecule has 1 aromatic heterocycles. The molecule has 0 N–H and O–H groups in total. The largest absolute Gasteiger partial charge is 0.355 e. The molecule has 0 bridgehead atoms. The fourth-order valence-corrected chi connectivity index (χ4v) is 5.22. The minimum Gasteiger partial charge on any atom is -0.355 e. The Hall–Kier alpha value is -2.19. The van der Waals surface area contributed by atoms with Gasteiger partial charge in [0.15, 0.2) is 11.6 Å². The number of hydrogen-bond donors (Lipinski definition) is 0. The van der Waals surface area contributed by atoms with E-state index < -0.39 is 10.0 Å². The predicted octanol–water partition coefficient (Wildman–Crippen LogP) is 2.29. The Kier molecular flexibility index (Phi) is 5.50. The molecule has 150 valence electrons. The lowest BCUT2D eigenvalue weighted by Crippen LogP contribution is -2.49. The number of benzene rings is 1. The smallest absolute Gasteiger partial charge is 0.243 e. The van der Waals surface area contributed by atoms with Crippen molar-refractivity contribution >= 4 is 21.7 Å². The topological polar surface area (TPSA) is 69.6 Å². The zero-order valence-electron chi connectivity index (χ0n) is 16.3. The van der Waals surface area contributed by atoms with Gasteiger partial charge >= 0.3 is 0 Å². The van der Waals surface area contributed by atoms with E-state index in [0.29, 0.717) is 31.1 Å². The Labute approximate surface area is 167 Å². The van der Waals surface area contributed by atoms with Crippen LogP contribution in [0.2, 0.25) is 0 Å². The number of piperidine rings is 1. The van der Waals surface area contributed by atoms with Crippen molar-refractivity contribution in [3.05, 3.63) is 42.0 Å². The van der Waals surface area contributed by atoms with Gasteiger partial charge in [-0.05, 0) is 50.5 Å². The van der Waals surface area contributed by atoms with Crippen molar-refractivity contribution in [3.8, 4) is 0 Å². The maximum Gasteiger partial charge on any atom is 0.243 e. The van der Waals surface area contributed by atoms with Gasteiger partial charge in [-0.25, -0.2) is 8.42 Å². The molecule has 0 amide bonds. The van der Waals surface area contributed by atoms with Crippen LogP contribution in [0.3, 0.4) is 0 Å². The molecule has 28 heavy (non-hydrogen) atoms. The summed E-state index contributed by atoms with van der Waals surface area (Å²) in [6.45, 7) is 6.17. The lowest BCUT2D eigenvalue weighted by atomic mass is 10.1. The minimum absolute atomic E-state index is 0.359. The monoisotopic (exact) mass is 401 g/mol. The summed E-state index contributed by atoms with van der Waals surface area (Å²) in [6, 6.07) is 11.1. The van der Waals surface area contributed by atoms with Crippen LogP contribution in [0.25, 0.3) is 0 Å². The van der Waals surface area contributed by atoms with Crippen LogP contribution in [0.4, 0.5) is 11.6 Å². The Bertz CT molecular complexity index is 885. The highest BCUT2D eigenvalue weighted by Crippen LogP contribution is 2.22. The lowest BCUT2D eigenvalue weighted by molar-refractivity contribution is 0.383. The van der Waals surface area contributed by atoms with Crippen LogP contribution in [-0.2, 0) is 10.0 Å². The van der Waals surface area contributed by atoms with Crippen LogP contribution < -0.4 is 9.80 Å². The number of aryl methyl sites for hydroxylation is 1. The van der Waals surface area contributed by atoms with Gasteiger partial charge in [-0.2, -0.15) is 4.31 Å². The number of piperazine rings is 1. The van der Waals surface area contributed by atoms with Crippen LogP contribution in [-0.4, -0.2) is 62.2 Å². The van der Waals surface area contributed by atoms with Crippen LogP contribution in [0, 0.1) is 6.92 Å². The second-order valence-electron chi connectivity index (χ2n) is 7.50. The Morgan fingerprint density at radius 3 is 1.79 bits per heavy atom. The van der Waals surface area contributed by atoms with Crippen molar-refractivity contribution in [2.75, 3.05) is 49.1 Å². The van der Waals surface area contributed by atoms with Crippen molar-refractivity contribution in [1.29, 1.82) is 0 Å². The van der Waals surface area contributed by atoms with E-state index in [1.807, 2.05) is 31.2 Å². The van der Waals surface area contributed by atoms with E-state index in [4.69, 9.17) is 0 Å². The van der Waals surface area contributed by atoms with Crippen LogP contribution >= 0.6 is 0 Å². The van der Waals surface area contributed by atoms with Crippen LogP contribution in [0.5, 0.6) is 0 Å². The maximum atomic E-state index is 12.8. The van der Waals surface area contributed by atoms with E-state index in [1.54, 1.807) is 16.4 Å². The first kappa shape index (κ1) is 19.1. The molecule has 2 aliphatic heterocycles. The SMILES string of the molecule is Cc1ccc(S(=O)(=O)N2CCN(c3ccc(N4CCCCC4)nn3)CC2)cc1. The molecule has 2 aliphatic rings. The first-order chi connectivity index (χ1) is 13.5. The fraction of sp³-hybridized carbons (Fsp3) is 0.500. The van der Waals surface area contributed by atoms with E-state index >= 15 is 0 Å². The average molecular weight is 402 g/mol. The molecule has 1 aromatic carbocycles. The summed E-state index contributed by atoms with van der Waals surface area (Å²) in [5, 5.41) is 8.80. The normalized spacial score (nSPS) is 19.0. The summed E-state index contributed by atoms with van der Waals surface area (Å²) in [7, 11) is -3.44. The molecule has 2 saturated heterocycles. The van der Waals surface area contributed by atoms with Crippen molar-refractivity contribution < 1.29 is 8.42 Å². The number of anilines is 2. The summed E-state index contributed by atoms with van der Waals surface area (Å²) in [4.78, 5) is 4.75. The first-order valence-electron chi connectivity index (χ1n) is 9.94. The molecule has 8 heteroatoms. The van der Waals surface area contributed by atoms with E-state index in [-0.39, 0.29) is 0 Å².